The fourth-order valence-electron chi connectivity index (χ4n) is 1.14. The molecule has 0 fully saturated rings. The van der Waals surface area contributed by atoms with Crippen LogP contribution in [0.15, 0.2) is 34.9 Å². The lowest BCUT2D eigenvalue weighted by Gasteiger charge is -2.00. The molecule has 0 bridgehead atoms. The Morgan fingerprint density at radius 3 is 2.64 bits per heavy atom. The van der Waals surface area contributed by atoms with Crippen LogP contribution in [0.1, 0.15) is 5.56 Å². The van der Waals surface area contributed by atoms with E-state index >= 15 is 0 Å². The molecule has 71 valence electrons. The highest BCUT2D eigenvalue weighted by molar-refractivity contribution is 9.10. The van der Waals surface area contributed by atoms with E-state index in [9.17, 15) is 0 Å². The third kappa shape index (κ3) is 2.36. The van der Waals surface area contributed by atoms with Gasteiger partial charge in [-0.25, -0.2) is 0 Å². The molecule has 14 heavy (non-hydrogen) atoms. The molecule has 0 aliphatic carbocycles. The topological polar surface area (TPSA) is 17.8 Å². The van der Waals surface area contributed by atoms with Crippen LogP contribution in [0.2, 0.25) is 5.02 Å². The summed E-state index contributed by atoms with van der Waals surface area (Å²) in [7, 11) is 0. The summed E-state index contributed by atoms with van der Waals surface area (Å²) >= 11 is 9.08. The second kappa shape index (κ2) is 4.15. The van der Waals surface area contributed by atoms with Gasteiger partial charge < -0.3 is 0 Å². The van der Waals surface area contributed by atoms with Crippen molar-refractivity contribution in [3.8, 4) is 0 Å². The molecule has 0 aliphatic heterocycles. The molecule has 0 amide bonds. The molecule has 1 radical (unpaired) electrons. The monoisotopic (exact) mass is 269 g/mol. The van der Waals surface area contributed by atoms with Gasteiger partial charge in [-0.15, -0.1) is 0 Å². The van der Waals surface area contributed by atoms with Gasteiger partial charge in [0.1, 0.15) is 6.20 Å². The average Bonchev–Trinajstić information content (AvgIpc) is 2.56. The average molecular weight is 271 g/mol. The van der Waals surface area contributed by atoms with Crippen LogP contribution >= 0.6 is 27.5 Å². The van der Waals surface area contributed by atoms with E-state index in [1.54, 1.807) is 10.9 Å². The highest BCUT2D eigenvalue weighted by Gasteiger charge is 1.97. The van der Waals surface area contributed by atoms with Crippen molar-refractivity contribution in [2.75, 3.05) is 0 Å². The molecule has 0 spiro atoms. The zero-order valence-electron chi connectivity index (χ0n) is 7.24. The van der Waals surface area contributed by atoms with Gasteiger partial charge in [-0.2, -0.15) is 5.10 Å². The van der Waals surface area contributed by atoms with Gasteiger partial charge in [0, 0.05) is 5.02 Å². The molecule has 0 atom stereocenters. The van der Waals surface area contributed by atoms with E-state index in [4.69, 9.17) is 11.6 Å². The van der Waals surface area contributed by atoms with Gasteiger partial charge in [0.15, 0.2) is 0 Å². The molecule has 4 heteroatoms. The number of rotatable bonds is 2. The zero-order chi connectivity index (χ0) is 9.97. The number of nitrogens with zero attached hydrogens (tertiary/aromatic N) is 2. The van der Waals surface area contributed by atoms with Gasteiger partial charge in [-0.1, -0.05) is 23.7 Å². The molecule has 2 nitrogen and oxygen atoms in total. The fraction of sp³-hybridized carbons (Fsp3) is 0.100. The van der Waals surface area contributed by atoms with Crippen LogP contribution in [-0.2, 0) is 6.54 Å². The maximum atomic E-state index is 5.78. The van der Waals surface area contributed by atoms with Gasteiger partial charge in [0.05, 0.1) is 17.2 Å². The van der Waals surface area contributed by atoms with Crippen LogP contribution in [0.25, 0.3) is 0 Å². The Labute approximate surface area is 95.6 Å². The van der Waals surface area contributed by atoms with Gasteiger partial charge in [0.2, 0.25) is 0 Å². The van der Waals surface area contributed by atoms with E-state index in [2.05, 4.69) is 27.2 Å². The minimum absolute atomic E-state index is 0.711. The molecular formula is C10H7BrClN2. The molecule has 2 rings (SSSR count). The first kappa shape index (κ1) is 9.74. The van der Waals surface area contributed by atoms with E-state index in [-0.39, 0.29) is 0 Å². The van der Waals surface area contributed by atoms with Crippen molar-refractivity contribution in [3.05, 3.63) is 51.7 Å². The Bertz CT molecular complexity index is 422. The molecule has 0 N–H and O–H groups in total. The second-order valence-corrected chi connectivity index (χ2v) is 4.18. The van der Waals surface area contributed by atoms with E-state index < -0.39 is 0 Å². The summed E-state index contributed by atoms with van der Waals surface area (Å²) in [5, 5.41) is 4.86. The van der Waals surface area contributed by atoms with E-state index in [1.165, 1.54) is 0 Å². The third-order valence-electron chi connectivity index (χ3n) is 1.79. The second-order valence-electron chi connectivity index (χ2n) is 2.89. The van der Waals surface area contributed by atoms with Gasteiger partial charge in [0.25, 0.3) is 0 Å². The predicted octanol–water partition coefficient (Wildman–Crippen LogP) is 3.15. The van der Waals surface area contributed by atoms with Gasteiger partial charge in [-0.05, 0) is 33.6 Å². The van der Waals surface area contributed by atoms with Crippen molar-refractivity contribution in [1.82, 2.24) is 9.78 Å². The van der Waals surface area contributed by atoms with Crippen LogP contribution in [0.5, 0.6) is 0 Å². The van der Waals surface area contributed by atoms with E-state index in [0.717, 1.165) is 15.1 Å². The van der Waals surface area contributed by atoms with Crippen molar-refractivity contribution in [2.24, 2.45) is 0 Å². The SMILES string of the molecule is Clc1ccc(Cn2[c]c(Br)cn2)cc1. The van der Waals surface area contributed by atoms with Crippen LogP contribution in [0.3, 0.4) is 0 Å². The molecule has 1 heterocycles. The van der Waals surface area contributed by atoms with Crippen molar-refractivity contribution < 1.29 is 0 Å². The number of halogens is 2. The first-order valence-electron chi connectivity index (χ1n) is 4.09. The highest BCUT2D eigenvalue weighted by atomic mass is 79.9. The van der Waals surface area contributed by atoms with Gasteiger partial charge >= 0.3 is 0 Å². The summed E-state index contributed by atoms with van der Waals surface area (Å²) in [5.74, 6) is 0. The Kier molecular flexibility index (Phi) is 2.89. The molecule has 1 aromatic heterocycles. The predicted molar refractivity (Wildman–Crippen MR) is 59.3 cm³/mol. The molecule has 1 aromatic carbocycles. The van der Waals surface area contributed by atoms with Crippen molar-refractivity contribution in [3.63, 3.8) is 0 Å². The van der Waals surface area contributed by atoms with Crippen molar-refractivity contribution >= 4 is 27.5 Å². The maximum absolute atomic E-state index is 5.78. The summed E-state index contributed by atoms with van der Waals surface area (Å²) in [4.78, 5) is 0. The zero-order valence-corrected chi connectivity index (χ0v) is 9.59. The Balaban J connectivity index is 2.15. The molecule has 0 saturated heterocycles. The fourth-order valence-corrected chi connectivity index (χ4v) is 1.57. The summed E-state index contributed by atoms with van der Waals surface area (Å²) in [6.07, 6.45) is 4.75. The maximum Gasteiger partial charge on any atom is 0.102 e. The third-order valence-corrected chi connectivity index (χ3v) is 2.43. The minimum atomic E-state index is 0.711. The number of hydrogen-bond donors (Lipinski definition) is 0. The molecule has 0 unspecified atom stereocenters. The van der Waals surface area contributed by atoms with Crippen molar-refractivity contribution in [2.45, 2.75) is 6.54 Å². The van der Waals surface area contributed by atoms with Crippen molar-refractivity contribution in [1.29, 1.82) is 0 Å². The summed E-state index contributed by atoms with van der Waals surface area (Å²) in [6, 6.07) is 7.70. The summed E-state index contributed by atoms with van der Waals surface area (Å²) in [5.41, 5.74) is 1.15. The first-order chi connectivity index (χ1) is 6.74. The van der Waals surface area contributed by atoms with Crippen LogP contribution < -0.4 is 0 Å². The standard InChI is InChI=1S/C10H7BrClN2/c11-9-5-13-14(7-9)6-8-1-3-10(12)4-2-8/h1-5H,6H2. The lowest BCUT2D eigenvalue weighted by Crippen LogP contribution is -1.99. The largest absolute Gasteiger partial charge is 0.258 e. The first-order valence-corrected chi connectivity index (χ1v) is 5.26. The summed E-state index contributed by atoms with van der Waals surface area (Å²) < 4.78 is 2.61. The number of aromatic nitrogens is 2. The lowest BCUT2D eigenvalue weighted by molar-refractivity contribution is 0.681. The molecular weight excluding hydrogens is 263 g/mol. The molecule has 0 saturated carbocycles. The number of benzene rings is 1. The lowest BCUT2D eigenvalue weighted by atomic mass is 10.2. The Hall–Kier alpha value is -0.800. The minimum Gasteiger partial charge on any atom is -0.258 e. The van der Waals surface area contributed by atoms with Crippen LogP contribution in [-0.4, -0.2) is 9.78 Å². The normalized spacial score (nSPS) is 10.4. The molecule has 2 aromatic rings. The Morgan fingerprint density at radius 1 is 1.36 bits per heavy atom. The van der Waals surface area contributed by atoms with E-state index in [0.29, 0.717) is 6.54 Å². The van der Waals surface area contributed by atoms with E-state index in [1.807, 2.05) is 24.3 Å². The Morgan fingerprint density at radius 2 is 2.07 bits per heavy atom. The quantitative estimate of drug-likeness (QED) is 0.820. The molecule has 0 aliphatic rings. The smallest absolute Gasteiger partial charge is 0.102 e. The van der Waals surface area contributed by atoms with Gasteiger partial charge in [-0.3, -0.25) is 4.68 Å². The highest BCUT2D eigenvalue weighted by Crippen LogP contribution is 2.11. The van der Waals surface area contributed by atoms with Crippen LogP contribution in [0.4, 0.5) is 0 Å². The van der Waals surface area contributed by atoms with Crippen LogP contribution in [0, 0.1) is 6.20 Å². The summed E-state index contributed by atoms with van der Waals surface area (Å²) in [6.45, 7) is 0.711. The number of hydrogen-bond acceptors (Lipinski definition) is 1.